The van der Waals surface area contributed by atoms with E-state index in [2.05, 4.69) is 15.1 Å². The highest BCUT2D eigenvalue weighted by molar-refractivity contribution is 7.18. The number of carbonyl (C=O) groups is 1. The highest BCUT2D eigenvalue weighted by Gasteiger charge is 2.22. The number of thiophene rings is 1. The molecule has 8 heteroatoms. The molecule has 0 spiro atoms. The zero-order chi connectivity index (χ0) is 14.1. The molecule has 7 nitrogen and oxygen atoms in total. The number of rotatable bonds is 3. The molecule has 3 rings (SSSR count). The number of hydrogen-bond donors (Lipinski definition) is 1. The fraction of sp³-hybridized carbons (Fsp3) is 0.417. The highest BCUT2D eigenvalue weighted by atomic mass is 32.1. The number of nitrogens with zero attached hydrogens (tertiary/aromatic N) is 4. The number of fused-ring (bicyclic) bond motifs is 1. The quantitative estimate of drug-likeness (QED) is 0.853. The van der Waals surface area contributed by atoms with Crippen molar-refractivity contribution in [2.24, 2.45) is 0 Å². The van der Waals surface area contributed by atoms with Crippen LogP contribution in [0.1, 0.15) is 22.4 Å². The Hall–Kier alpha value is -2.09. The Morgan fingerprint density at radius 2 is 2.40 bits per heavy atom. The van der Waals surface area contributed by atoms with Crippen molar-refractivity contribution in [2.75, 3.05) is 23.8 Å². The summed E-state index contributed by atoms with van der Waals surface area (Å²) in [5, 5.41) is 8.94. The van der Waals surface area contributed by atoms with Crippen LogP contribution in [-0.2, 0) is 17.8 Å². The van der Waals surface area contributed by atoms with Crippen LogP contribution in [0, 0.1) is 0 Å². The van der Waals surface area contributed by atoms with Gasteiger partial charge in [-0.25, -0.2) is 4.79 Å². The summed E-state index contributed by atoms with van der Waals surface area (Å²) >= 11 is 1.36. The average Bonchev–Trinajstić information content (AvgIpc) is 3.04. The number of carbonyl (C=O) groups excluding carboxylic acids is 1. The zero-order valence-corrected chi connectivity index (χ0v) is 11.9. The number of nitrogens with two attached hydrogens (primary N) is 1. The van der Waals surface area contributed by atoms with E-state index in [1.54, 1.807) is 13.3 Å². The van der Waals surface area contributed by atoms with Crippen molar-refractivity contribution in [2.45, 2.75) is 20.0 Å². The molecule has 2 aromatic rings. The fourth-order valence-corrected chi connectivity index (χ4v) is 3.16. The number of anilines is 2. The van der Waals surface area contributed by atoms with Crippen LogP contribution in [0.4, 0.5) is 10.7 Å². The summed E-state index contributed by atoms with van der Waals surface area (Å²) in [6, 6.07) is 1.82. The van der Waals surface area contributed by atoms with Gasteiger partial charge < -0.3 is 19.9 Å². The number of ether oxygens (including phenoxy) is 1. The third kappa shape index (κ3) is 2.22. The predicted molar refractivity (Wildman–Crippen MR) is 75.8 cm³/mol. The minimum Gasteiger partial charge on any atom is -0.462 e. The maximum Gasteiger partial charge on any atom is 0.350 e. The van der Waals surface area contributed by atoms with Gasteiger partial charge in [0.2, 0.25) is 0 Å². The summed E-state index contributed by atoms with van der Waals surface area (Å²) < 4.78 is 7.03. The van der Waals surface area contributed by atoms with Crippen molar-refractivity contribution >= 4 is 28.0 Å². The molecule has 0 fully saturated rings. The number of aromatic nitrogens is 3. The standard InChI is InChI=1S/C12H15N5O2S/c1-2-19-12(18)11-8(13)5-10(20-11)16-3-4-17-7-14-15-9(17)6-16/h5,7H,2-4,6,13H2,1H3. The molecule has 0 unspecified atom stereocenters. The first-order valence-electron chi connectivity index (χ1n) is 6.37. The Balaban J connectivity index is 1.82. The number of nitrogen functional groups attached to an aromatic ring is 1. The summed E-state index contributed by atoms with van der Waals surface area (Å²) in [5.41, 5.74) is 6.37. The Morgan fingerprint density at radius 3 is 3.20 bits per heavy atom. The summed E-state index contributed by atoms with van der Waals surface area (Å²) in [6.07, 6.45) is 1.74. The van der Waals surface area contributed by atoms with Gasteiger partial charge in [0.15, 0.2) is 5.82 Å². The fourth-order valence-electron chi connectivity index (χ4n) is 2.16. The van der Waals surface area contributed by atoms with E-state index in [4.69, 9.17) is 10.5 Å². The SMILES string of the molecule is CCOC(=O)c1sc(N2CCn3cnnc3C2)cc1N. The Morgan fingerprint density at radius 1 is 1.55 bits per heavy atom. The lowest BCUT2D eigenvalue weighted by Crippen LogP contribution is -2.32. The van der Waals surface area contributed by atoms with Gasteiger partial charge in [-0.1, -0.05) is 0 Å². The van der Waals surface area contributed by atoms with Crippen molar-refractivity contribution in [3.63, 3.8) is 0 Å². The Labute approximate surface area is 120 Å². The molecule has 0 aromatic carbocycles. The van der Waals surface area contributed by atoms with Gasteiger partial charge in [-0.3, -0.25) is 0 Å². The Bertz CT molecular complexity index is 636. The van der Waals surface area contributed by atoms with Crippen LogP contribution >= 0.6 is 11.3 Å². The molecule has 0 atom stereocenters. The molecular weight excluding hydrogens is 278 g/mol. The minimum absolute atomic E-state index is 0.346. The maximum atomic E-state index is 11.8. The summed E-state index contributed by atoms with van der Waals surface area (Å²) in [4.78, 5) is 14.4. The lowest BCUT2D eigenvalue weighted by atomic mass is 10.3. The van der Waals surface area contributed by atoms with Gasteiger partial charge in [0.1, 0.15) is 11.2 Å². The van der Waals surface area contributed by atoms with Gasteiger partial charge in [-0.15, -0.1) is 21.5 Å². The van der Waals surface area contributed by atoms with Gasteiger partial charge in [-0.05, 0) is 13.0 Å². The third-order valence-electron chi connectivity index (χ3n) is 3.16. The van der Waals surface area contributed by atoms with Gasteiger partial charge >= 0.3 is 5.97 Å². The summed E-state index contributed by atoms with van der Waals surface area (Å²) in [5.74, 6) is 0.558. The lowest BCUT2D eigenvalue weighted by molar-refractivity contribution is 0.0533. The molecule has 0 saturated heterocycles. The molecule has 1 aliphatic rings. The maximum absolute atomic E-state index is 11.8. The molecule has 0 radical (unpaired) electrons. The zero-order valence-electron chi connectivity index (χ0n) is 11.1. The van der Waals surface area contributed by atoms with Gasteiger partial charge in [0, 0.05) is 13.1 Å². The van der Waals surface area contributed by atoms with Crippen LogP contribution < -0.4 is 10.6 Å². The van der Waals surface area contributed by atoms with E-state index in [1.165, 1.54) is 11.3 Å². The summed E-state index contributed by atoms with van der Waals surface area (Å²) in [7, 11) is 0. The first-order valence-corrected chi connectivity index (χ1v) is 7.18. The van der Waals surface area contributed by atoms with E-state index in [-0.39, 0.29) is 5.97 Å². The second-order valence-corrected chi connectivity index (χ2v) is 5.48. The van der Waals surface area contributed by atoms with Crippen molar-refractivity contribution in [3.05, 3.63) is 23.1 Å². The van der Waals surface area contributed by atoms with Gasteiger partial charge in [0.25, 0.3) is 0 Å². The van der Waals surface area contributed by atoms with Crippen LogP contribution in [0.25, 0.3) is 0 Å². The van der Waals surface area contributed by atoms with Crippen molar-refractivity contribution < 1.29 is 9.53 Å². The number of esters is 1. The summed E-state index contributed by atoms with van der Waals surface area (Å²) in [6.45, 7) is 4.46. The van der Waals surface area contributed by atoms with Gasteiger partial charge in [-0.2, -0.15) is 0 Å². The normalized spacial score (nSPS) is 14.2. The smallest absolute Gasteiger partial charge is 0.350 e. The molecule has 0 saturated carbocycles. The first-order chi connectivity index (χ1) is 9.69. The molecule has 0 amide bonds. The average molecular weight is 293 g/mol. The molecule has 3 heterocycles. The van der Waals surface area contributed by atoms with E-state index in [9.17, 15) is 4.79 Å². The van der Waals surface area contributed by atoms with Crippen LogP contribution in [0.3, 0.4) is 0 Å². The van der Waals surface area contributed by atoms with E-state index in [0.29, 0.717) is 23.7 Å². The molecule has 0 bridgehead atoms. The number of hydrogen-bond acceptors (Lipinski definition) is 7. The minimum atomic E-state index is -0.360. The Kier molecular flexibility index (Phi) is 3.31. The van der Waals surface area contributed by atoms with Gasteiger partial charge in [0.05, 0.1) is 23.8 Å². The molecule has 0 aliphatic carbocycles. The van der Waals surface area contributed by atoms with E-state index >= 15 is 0 Å². The largest absolute Gasteiger partial charge is 0.462 e. The third-order valence-corrected chi connectivity index (χ3v) is 4.35. The van der Waals surface area contributed by atoms with E-state index in [1.807, 2.05) is 10.6 Å². The second-order valence-electron chi connectivity index (χ2n) is 4.45. The molecule has 1 aliphatic heterocycles. The topological polar surface area (TPSA) is 86.3 Å². The second kappa shape index (κ2) is 5.12. The molecule has 2 aromatic heterocycles. The van der Waals surface area contributed by atoms with Crippen LogP contribution in [0.15, 0.2) is 12.4 Å². The molecule has 106 valence electrons. The van der Waals surface area contributed by atoms with Crippen LogP contribution in [0.2, 0.25) is 0 Å². The van der Waals surface area contributed by atoms with E-state index < -0.39 is 0 Å². The lowest BCUT2D eigenvalue weighted by Gasteiger charge is -2.27. The monoisotopic (exact) mass is 293 g/mol. The van der Waals surface area contributed by atoms with Crippen molar-refractivity contribution in [1.29, 1.82) is 0 Å². The van der Waals surface area contributed by atoms with E-state index in [0.717, 1.165) is 23.9 Å². The van der Waals surface area contributed by atoms with Crippen LogP contribution in [-0.4, -0.2) is 33.9 Å². The first kappa shape index (κ1) is 12.9. The highest BCUT2D eigenvalue weighted by Crippen LogP contribution is 2.34. The molecular formula is C12H15N5O2S. The van der Waals surface area contributed by atoms with Crippen LogP contribution in [0.5, 0.6) is 0 Å². The predicted octanol–water partition coefficient (Wildman–Crippen LogP) is 1.12. The molecule has 2 N–H and O–H groups in total. The van der Waals surface area contributed by atoms with Crippen molar-refractivity contribution in [3.8, 4) is 0 Å². The van der Waals surface area contributed by atoms with Crippen molar-refractivity contribution in [1.82, 2.24) is 14.8 Å². The molecule has 20 heavy (non-hydrogen) atoms.